The fourth-order valence-corrected chi connectivity index (χ4v) is 2.61. The van der Waals surface area contributed by atoms with Gasteiger partial charge in [-0.2, -0.15) is 0 Å². The van der Waals surface area contributed by atoms with Gasteiger partial charge in [-0.1, -0.05) is 12.1 Å². The number of amides is 1. The van der Waals surface area contributed by atoms with Gasteiger partial charge in [0.15, 0.2) is 0 Å². The Balaban J connectivity index is 1.68. The SMILES string of the molecule is CN(C)C(CNC(=O)c1cnc2ccccc2n1)C1CC1. The normalized spacial score (nSPS) is 16.1. The van der Waals surface area contributed by atoms with Gasteiger partial charge in [0.1, 0.15) is 5.69 Å². The molecule has 110 valence electrons. The standard InChI is InChI=1S/C16H20N4O/c1-20(2)15(11-7-8-11)10-18-16(21)14-9-17-12-5-3-4-6-13(12)19-14/h3-6,9,11,15H,7-8,10H2,1-2H3,(H,18,21). The van der Waals surface area contributed by atoms with E-state index in [1.54, 1.807) is 6.20 Å². The van der Waals surface area contributed by atoms with Crippen LogP contribution >= 0.6 is 0 Å². The van der Waals surface area contributed by atoms with Crippen LogP contribution in [-0.2, 0) is 0 Å². The van der Waals surface area contributed by atoms with Crippen molar-refractivity contribution in [3.8, 4) is 0 Å². The van der Waals surface area contributed by atoms with E-state index in [0.29, 0.717) is 24.2 Å². The van der Waals surface area contributed by atoms with Crippen LogP contribution in [0.15, 0.2) is 30.5 Å². The van der Waals surface area contributed by atoms with Crippen LogP contribution in [0.5, 0.6) is 0 Å². The predicted molar refractivity (Wildman–Crippen MR) is 82.1 cm³/mol. The quantitative estimate of drug-likeness (QED) is 0.908. The van der Waals surface area contributed by atoms with E-state index in [-0.39, 0.29) is 5.91 Å². The largest absolute Gasteiger partial charge is 0.349 e. The number of hydrogen-bond donors (Lipinski definition) is 1. The zero-order valence-electron chi connectivity index (χ0n) is 12.4. The van der Waals surface area contributed by atoms with E-state index in [9.17, 15) is 4.79 Å². The molecule has 1 unspecified atom stereocenters. The van der Waals surface area contributed by atoms with E-state index in [0.717, 1.165) is 11.0 Å². The molecule has 0 saturated heterocycles. The lowest BCUT2D eigenvalue weighted by molar-refractivity contribution is 0.0934. The third kappa shape index (κ3) is 3.19. The molecule has 1 aromatic carbocycles. The van der Waals surface area contributed by atoms with Crippen molar-refractivity contribution in [3.05, 3.63) is 36.2 Å². The first-order chi connectivity index (χ1) is 10.1. The van der Waals surface area contributed by atoms with Gasteiger partial charge in [0.2, 0.25) is 0 Å². The molecular formula is C16H20N4O. The van der Waals surface area contributed by atoms with Crippen LogP contribution in [0.3, 0.4) is 0 Å². The first-order valence-corrected chi connectivity index (χ1v) is 7.31. The van der Waals surface area contributed by atoms with Crippen molar-refractivity contribution < 1.29 is 4.79 Å². The van der Waals surface area contributed by atoms with E-state index in [2.05, 4.69) is 34.3 Å². The molecule has 0 aliphatic heterocycles. The molecule has 0 radical (unpaired) electrons. The molecule has 1 fully saturated rings. The molecular weight excluding hydrogens is 264 g/mol. The average Bonchev–Trinajstić information content (AvgIpc) is 3.31. The molecule has 1 aliphatic rings. The Morgan fingerprint density at radius 2 is 2.05 bits per heavy atom. The van der Waals surface area contributed by atoms with E-state index < -0.39 is 0 Å². The van der Waals surface area contributed by atoms with E-state index in [1.165, 1.54) is 12.8 Å². The van der Waals surface area contributed by atoms with Gasteiger partial charge in [0, 0.05) is 12.6 Å². The number of rotatable bonds is 5. The number of carbonyl (C=O) groups excluding carboxylic acids is 1. The minimum Gasteiger partial charge on any atom is -0.349 e. The molecule has 5 nitrogen and oxygen atoms in total. The first kappa shape index (κ1) is 13.9. The van der Waals surface area contributed by atoms with Crippen molar-refractivity contribution in [2.75, 3.05) is 20.6 Å². The van der Waals surface area contributed by atoms with Crippen LogP contribution in [0.1, 0.15) is 23.3 Å². The minimum atomic E-state index is -0.152. The van der Waals surface area contributed by atoms with Gasteiger partial charge in [0.05, 0.1) is 17.2 Å². The van der Waals surface area contributed by atoms with Crippen LogP contribution in [0.25, 0.3) is 11.0 Å². The number of aromatic nitrogens is 2. The lowest BCUT2D eigenvalue weighted by Gasteiger charge is -2.24. The molecule has 0 bridgehead atoms. The fourth-order valence-electron chi connectivity index (χ4n) is 2.61. The molecule has 0 spiro atoms. The number of likely N-dealkylation sites (N-methyl/N-ethyl adjacent to an activating group) is 1. The van der Waals surface area contributed by atoms with Crippen LogP contribution in [0, 0.1) is 5.92 Å². The van der Waals surface area contributed by atoms with Crippen LogP contribution in [-0.4, -0.2) is 47.5 Å². The van der Waals surface area contributed by atoms with Gasteiger partial charge >= 0.3 is 0 Å². The Bertz CT molecular complexity index is 650. The van der Waals surface area contributed by atoms with E-state index >= 15 is 0 Å². The highest BCUT2D eigenvalue weighted by atomic mass is 16.1. The number of carbonyl (C=O) groups is 1. The lowest BCUT2D eigenvalue weighted by Crippen LogP contribution is -2.41. The van der Waals surface area contributed by atoms with E-state index in [4.69, 9.17) is 0 Å². The van der Waals surface area contributed by atoms with Crippen molar-refractivity contribution >= 4 is 16.9 Å². The molecule has 1 aromatic heterocycles. The molecule has 1 heterocycles. The fraction of sp³-hybridized carbons (Fsp3) is 0.438. The summed E-state index contributed by atoms with van der Waals surface area (Å²) < 4.78 is 0. The Morgan fingerprint density at radius 3 is 2.71 bits per heavy atom. The summed E-state index contributed by atoms with van der Waals surface area (Å²) in [6.45, 7) is 0.658. The molecule has 1 aliphatic carbocycles. The smallest absolute Gasteiger partial charge is 0.271 e. The minimum absolute atomic E-state index is 0.152. The van der Waals surface area contributed by atoms with Crippen LogP contribution < -0.4 is 5.32 Å². The van der Waals surface area contributed by atoms with Gasteiger partial charge < -0.3 is 10.2 Å². The highest BCUT2D eigenvalue weighted by molar-refractivity contribution is 5.93. The first-order valence-electron chi connectivity index (χ1n) is 7.31. The summed E-state index contributed by atoms with van der Waals surface area (Å²) in [6.07, 6.45) is 4.06. The lowest BCUT2D eigenvalue weighted by atomic mass is 10.1. The van der Waals surface area contributed by atoms with E-state index in [1.807, 2.05) is 24.3 Å². The van der Waals surface area contributed by atoms with Crippen LogP contribution in [0.2, 0.25) is 0 Å². The molecule has 3 rings (SSSR count). The summed E-state index contributed by atoms with van der Waals surface area (Å²) in [5, 5.41) is 2.98. The third-order valence-corrected chi connectivity index (χ3v) is 3.98. The number of hydrogen-bond acceptors (Lipinski definition) is 4. The molecule has 5 heteroatoms. The average molecular weight is 284 g/mol. The highest BCUT2D eigenvalue weighted by Crippen LogP contribution is 2.34. The van der Waals surface area contributed by atoms with Crippen LogP contribution in [0.4, 0.5) is 0 Å². The molecule has 1 atom stereocenters. The Hall–Kier alpha value is -2.01. The Labute approximate surface area is 124 Å². The Morgan fingerprint density at radius 1 is 1.33 bits per heavy atom. The van der Waals surface area contributed by atoms with Crippen molar-refractivity contribution in [1.29, 1.82) is 0 Å². The second kappa shape index (κ2) is 5.77. The number of para-hydroxylation sites is 2. The number of nitrogens with zero attached hydrogens (tertiary/aromatic N) is 3. The Kier molecular flexibility index (Phi) is 3.84. The zero-order chi connectivity index (χ0) is 14.8. The summed E-state index contributed by atoms with van der Waals surface area (Å²) in [5.74, 6) is 0.559. The topological polar surface area (TPSA) is 58.1 Å². The van der Waals surface area contributed by atoms with Gasteiger partial charge in [-0.15, -0.1) is 0 Å². The predicted octanol–water partition coefficient (Wildman–Crippen LogP) is 1.70. The van der Waals surface area contributed by atoms with Crippen molar-refractivity contribution in [1.82, 2.24) is 20.2 Å². The maximum atomic E-state index is 12.2. The number of fused-ring (bicyclic) bond motifs is 1. The summed E-state index contributed by atoms with van der Waals surface area (Å²) in [6, 6.07) is 7.97. The second-order valence-corrected chi connectivity index (χ2v) is 5.82. The number of benzene rings is 1. The maximum absolute atomic E-state index is 12.2. The molecule has 21 heavy (non-hydrogen) atoms. The van der Waals surface area contributed by atoms with Crippen molar-refractivity contribution in [2.45, 2.75) is 18.9 Å². The molecule has 2 aromatic rings. The monoisotopic (exact) mass is 284 g/mol. The summed E-state index contributed by atoms with van der Waals surface area (Å²) in [4.78, 5) is 23.1. The van der Waals surface area contributed by atoms with Crippen molar-refractivity contribution in [3.63, 3.8) is 0 Å². The van der Waals surface area contributed by atoms with Gasteiger partial charge in [0.25, 0.3) is 5.91 Å². The summed E-state index contributed by atoms with van der Waals surface area (Å²) in [5.41, 5.74) is 1.93. The van der Waals surface area contributed by atoms with Gasteiger partial charge in [-0.05, 0) is 45.0 Å². The summed E-state index contributed by atoms with van der Waals surface area (Å²) >= 11 is 0. The van der Waals surface area contributed by atoms with Gasteiger partial charge in [-0.3, -0.25) is 9.78 Å². The van der Waals surface area contributed by atoms with Crippen molar-refractivity contribution in [2.24, 2.45) is 5.92 Å². The highest BCUT2D eigenvalue weighted by Gasteiger charge is 2.32. The van der Waals surface area contributed by atoms with Gasteiger partial charge in [-0.25, -0.2) is 4.98 Å². The molecule has 1 N–H and O–H groups in total. The molecule has 1 amide bonds. The third-order valence-electron chi connectivity index (χ3n) is 3.98. The summed E-state index contributed by atoms with van der Waals surface area (Å²) in [7, 11) is 4.12. The maximum Gasteiger partial charge on any atom is 0.271 e. The molecule has 1 saturated carbocycles. The zero-order valence-corrected chi connectivity index (χ0v) is 12.4. The second-order valence-electron chi connectivity index (χ2n) is 5.82. The number of nitrogens with one attached hydrogen (secondary N) is 1.